The number of ether oxygens (including phenoxy) is 2. The Bertz CT molecular complexity index is 1020. The summed E-state index contributed by atoms with van der Waals surface area (Å²) in [5, 5.41) is 12.6. The van der Waals surface area contributed by atoms with E-state index in [4.69, 9.17) is 9.47 Å². The summed E-state index contributed by atoms with van der Waals surface area (Å²) in [4.78, 5) is 35.2. The summed E-state index contributed by atoms with van der Waals surface area (Å²) in [6.45, 7) is 5.48. The Balaban J connectivity index is 1.92. The lowest BCUT2D eigenvalue weighted by Crippen LogP contribution is -2.44. The van der Waals surface area contributed by atoms with Gasteiger partial charge >= 0.3 is 6.09 Å². The topological polar surface area (TPSA) is 114 Å². The van der Waals surface area contributed by atoms with Crippen LogP contribution in [0.3, 0.4) is 0 Å². The van der Waals surface area contributed by atoms with Crippen LogP contribution in [0.15, 0.2) is 49.6 Å². The highest BCUT2D eigenvalue weighted by atomic mass is 16.5. The van der Waals surface area contributed by atoms with Crippen molar-refractivity contribution in [1.29, 1.82) is 0 Å². The molecule has 0 saturated carbocycles. The Kier molecular flexibility index (Phi) is 7.56. The molecule has 1 atom stereocenters. The summed E-state index contributed by atoms with van der Waals surface area (Å²) in [7, 11) is 1.51. The van der Waals surface area contributed by atoms with E-state index in [0.717, 1.165) is 16.7 Å². The standard InChI is InChI=1S/C23H26N4O5/c1-4-7-32-23(30)26-20-8-15(2)21(31-3)10-19(20)22(29)27-6-5-16(9-18(27)13-28)17-11-24-14-25-12-17/h4,8-12,14,18,28H,1,5-7,13H2,2-3H3,(H,26,30)/t18-/m0/s1. The third-order valence-electron chi connectivity index (χ3n) is 5.13. The smallest absolute Gasteiger partial charge is 0.411 e. The molecule has 0 saturated heterocycles. The number of nitrogens with one attached hydrogen (secondary N) is 1. The Hall–Kier alpha value is -3.72. The minimum Gasteiger partial charge on any atom is -0.496 e. The summed E-state index contributed by atoms with van der Waals surface area (Å²) in [6.07, 6.45) is 8.02. The van der Waals surface area contributed by atoms with Crippen LogP contribution < -0.4 is 10.1 Å². The molecule has 9 heteroatoms. The summed E-state index contributed by atoms with van der Waals surface area (Å²) < 4.78 is 10.4. The molecule has 0 fully saturated rings. The molecule has 3 rings (SSSR count). The van der Waals surface area contributed by atoms with Crippen LogP contribution in [-0.4, -0.2) is 64.9 Å². The molecule has 0 aliphatic carbocycles. The second-order valence-electron chi connectivity index (χ2n) is 7.20. The number of hydrogen-bond acceptors (Lipinski definition) is 7. The molecular formula is C23H26N4O5. The van der Waals surface area contributed by atoms with Gasteiger partial charge in [-0.3, -0.25) is 10.1 Å². The van der Waals surface area contributed by atoms with Gasteiger partial charge in [0.15, 0.2) is 0 Å². The Morgan fingerprint density at radius 3 is 2.75 bits per heavy atom. The van der Waals surface area contributed by atoms with Gasteiger partial charge in [0.25, 0.3) is 5.91 Å². The van der Waals surface area contributed by atoms with Gasteiger partial charge in [0.05, 0.1) is 31.0 Å². The number of nitrogens with zero attached hydrogens (tertiary/aromatic N) is 3. The quantitative estimate of drug-likeness (QED) is 0.639. The van der Waals surface area contributed by atoms with Crippen LogP contribution in [0.25, 0.3) is 5.57 Å². The minimum absolute atomic E-state index is 0.0414. The second kappa shape index (κ2) is 10.5. The van der Waals surface area contributed by atoms with Gasteiger partial charge in [-0.25, -0.2) is 14.8 Å². The predicted octanol–water partition coefficient (Wildman–Crippen LogP) is 2.82. The number of methoxy groups -OCH3 is 1. The van der Waals surface area contributed by atoms with Gasteiger partial charge in [-0.2, -0.15) is 0 Å². The van der Waals surface area contributed by atoms with Gasteiger partial charge < -0.3 is 19.5 Å². The molecule has 0 bridgehead atoms. The molecule has 168 valence electrons. The van der Waals surface area contributed by atoms with E-state index in [1.807, 2.05) is 13.0 Å². The molecule has 2 aromatic rings. The monoisotopic (exact) mass is 438 g/mol. The van der Waals surface area contributed by atoms with Crippen molar-refractivity contribution in [3.8, 4) is 5.75 Å². The zero-order valence-electron chi connectivity index (χ0n) is 18.1. The van der Waals surface area contributed by atoms with Crippen molar-refractivity contribution < 1.29 is 24.2 Å². The van der Waals surface area contributed by atoms with E-state index in [1.54, 1.807) is 29.4 Å². The van der Waals surface area contributed by atoms with Crippen molar-refractivity contribution in [3.05, 3.63) is 66.3 Å². The number of aromatic nitrogens is 2. The third-order valence-corrected chi connectivity index (χ3v) is 5.13. The van der Waals surface area contributed by atoms with E-state index >= 15 is 0 Å². The first-order valence-corrected chi connectivity index (χ1v) is 10.1. The number of anilines is 1. The average molecular weight is 438 g/mol. The van der Waals surface area contributed by atoms with Gasteiger partial charge in [-0.1, -0.05) is 18.7 Å². The van der Waals surface area contributed by atoms with Crippen molar-refractivity contribution in [2.75, 3.05) is 32.2 Å². The van der Waals surface area contributed by atoms with E-state index in [1.165, 1.54) is 19.5 Å². The Morgan fingerprint density at radius 2 is 2.09 bits per heavy atom. The molecule has 32 heavy (non-hydrogen) atoms. The first-order chi connectivity index (χ1) is 15.5. The number of benzene rings is 1. The lowest BCUT2D eigenvalue weighted by atomic mass is 9.96. The van der Waals surface area contributed by atoms with Crippen molar-refractivity contribution in [1.82, 2.24) is 14.9 Å². The zero-order chi connectivity index (χ0) is 23.1. The highest BCUT2D eigenvalue weighted by molar-refractivity contribution is 6.03. The van der Waals surface area contributed by atoms with E-state index in [-0.39, 0.29) is 24.7 Å². The highest BCUT2D eigenvalue weighted by Crippen LogP contribution is 2.31. The van der Waals surface area contributed by atoms with Gasteiger partial charge in [-0.15, -0.1) is 0 Å². The van der Waals surface area contributed by atoms with Crippen LogP contribution in [0.4, 0.5) is 10.5 Å². The molecule has 2 heterocycles. The van der Waals surface area contributed by atoms with Gasteiger partial charge in [0.1, 0.15) is 18.7 Å². The molecule has 1 aliphatic rings. The van der Waals surface area contributed by atoms with E-state index in [0.29, 0.717) is 24.4 Å². The maximum absolute atomic E-state index is 13.5. The van der Waals surface area contributed by atoms with Crippen molar-refractivity contribution in [2.45, 2.75) is 19.4 Å². The Labute approximate surface area is 186 Å². The summed E-state index contributed by atoms with van der Waals surface area (Å²) in [5.41, 5.74) is 3.09. The van der Waals surface area contributed by atoms with E-state index in [9.17, 15) is 14.7 Å². The summed E-state index contributed by atoms with van der Waals surface area (Å²) in [6, 6.07) is 2.70. The fourth-order valence-corrected chi connectivity index (χ4v) is 3.54. The highest BCUT2D eigenvalue weighted by Gasteiger charge is 2.29. The molecule has 1 aliphatic heterocycles. The van der Waals surface area contributed by atoms with Crippen LogP contribution in [0, 0.1) is 6.92 Å². The largest absolute Gasteiger partial charge is 0.496 e. The molecule has 0 radical (unpaired) electrons. The number of rotatable bonds is 7. The van der Waals surface area contributed by atoms with Crippen LogP contribution in [0.2, 0.25) is 0 Å². The number of carbonyl (C=O) groups is 2. The normalized spacial score (nSPS) is 15.5. The number of aliphatic hydroxyl groups is 1. The zero-order valence-corrected chi connectivity index (χ0v) is 18.1. The molecule has 0 spiro atoms. The van der Waals surface area contributed by atoms with E-state index in [2.05, 4.69) is 21.9 Å². The molecule has 1 aromatic carbocycles. The first-order valence-electron chi connectivity index (χ1n) is 10.1. The van der Waals surface area contributed by atoms with Crippen molar-refractivity contribution in [2.24, 2.45) is 0 Å². The lowest BCUT2D eigenvalue weighted by molar-refractivity contribution is 0.0648. The van der Waals surface area contributed by atoms with Crippen LogP contribution in [-0.2, 0) is 4.74 Å². The lowest BCUT2D eigenvalue weighted by Gasteiger charge is -2.34. The van der Waals surface area contributed by atoms with Gasteiger partial charge in [0, 0.05) is 24.5 Å². The average Bonchev–Trinajstić information content (AvgIpc) is 2.82. The molecule has 1 aromatic heterocycles. The molecular weight excluding hydrogens is 412 g/mol. The van der Waals surface area contributed by atoms with Crippen molar-refractivity contribution in [3.63, 3.8) is 0 Å². The predicted molar refractivity (Wildman–Crippen MR) is 119 cm³/mol. The minimum atomic E-state index is -0.702. The second-order valence-corrected chi connectivity index (χ2v) is 7.20. The molecule has 2 N–H and O–H groups in total. The molecule has 0 unspecified atom stereocenters. The summed E-state index contributed by atoms with van der Waals surface area (Å²) >= 11 is 0. The van der Waals surface area contributed by atoms with Crippen LogP contribution >= 0.6 is 0 Å². The fraction of sp³-hybridized carbons (Fsp3) is 0.304. The number of hydrogen-bond donors (Lipinski definition) is 2. The van der Waals surface area contributed by atoms with Crippen molar-refractivity contribution >= 4 is 23.3 Å². The van der Waals surface area contributed by atoms with Crippen LogP contribution in [0.5, 0.6) is 5.75 Å². The maximum Gasteiger partial charge on any atom is 0.411 e. The number of carbonyl (C=O) groups excluding carboxylic acids is 2. The van der Waals surface area contributed by atoms with Gasteiger partial charge in [0.2, 0.25) is 0 Å². The van der Waals surface area contributed by atoms with Gasteiger partial charge in [-0.05, 0) is 36.6 Å². The first kappa shape index (κ1) is 23.0. The van der Waals surface area contributed by atoms with Crippen LogP contribution in [0.1, 0.15) is 27.9 Å². The number of aliphatic hydroxyl groups excluding tert-OH is 1. The number of amides is 2. The third kappa shape index (κ3) is 5.12. The Morgan fingerprint density at radius 1 is 1.34 bits per heavy atom. The van der Waals surface area contributed by atoms with E-state index < -0.39 is 12.1 Å². The summed E-state index contributed by atoms with van der Waals surface area (Å²) in [5.74, 6) is 0.162. The SMILES string of the molecule is C=CCOC(=O)Nc1cc(C)c(OC)cc1C(=O)N1CCC(c2cncnc2)=C[C@H]1CO. The fourth-order valence-electron chi connectivity index (χ4n) is 3.54. The number of aryl methyl sites for hydroxylation is 1. The molecule has 9 nitrogen and oxygen atoms in total. The maximum atomic E-state index is 13.5. The molecule has 2 amide bonds.